The number of nitrogens with zero attached hydrogens (tertiary/aromatic N) is 2. The van der Waals surface area contributed by atoms with Gasteiger partial charge in [0, 0.05) is 21.9 Å². The molecule has 0 atom stereocenters. The topological polar surface area (TPSA) is 38.9 Å². The zero-order valence-corrected chi connectivity index (χ0v) is 20.8. The van der Waals surface area contributed by atoms with Crippen molar-refractivity contribution in [2.75, 3.05) is 0 Å². The molecule has 3 heteroatoms. The molecule has 0 N–H and O–H groups in total. The van der Waals surface area contributed by atoms with E-state index in [0.717, 1.165) is 44.7 Å². The number of hydrogen-bond donors (Lipinski definition) is 0. The molecule has 0 aliphatic heterocycles. The van der Waals surface area contributed by atoms with Gasteiger partial charge in [-0.1, -0.05) is 91.0 Å². The molecule has 180 valence electrons. The first-order valence-corrected chi connectivity index (χ1v) is 13.2. The fourth-order valence-electron chi connectivity index (χ4n) is 6.28. The maximum Gasteiger partial charge on any atom is 0.136 e. The van der Waals surface area contributed by atoms with Gasteiger partial charge < -0.3 is 4.42 Å². The average molecular weight is 497 g/mol. The SMILES string of the molecule is c1ccc(-c2nc3ccccc3nc2-c2ccc3ccc4c5cccc6oc7cccc(c4c3c2)c7c65)cc1. The van der Waals surface area contributed by atoms with Gasteiger partial charge in [-0.25, -0.2) is 9.97 Å². The van der Waals surface area contributed by atoms with Gasteiger partial charge in [0.05, 0.1) is 22.4 Å². The Hall–Kier alpha value is -5.28. The number of fused-ring (bicyclic) bond motifs is 6. The Kier molecular flexibility index (Phi) is 4.05. The van der Waals surface area contributed by atoms with Crippen LogP contribution in [0.5, 0.6) is 0 Å². The van der Waals surface area contributed by atoms with Crippen molar-refractivity contribution < 1.29 is 4.42 Å². The van der Waals surface area contributed by atoms with Gasteiger partial charge in [-0.15, -0.1) is 0 Å². The van der Waals surface area contributed by atoms with Crippen molar-refractivity contribution in [2.24, 2.45) is 0 Å². The van der Waals surface area contributed by atoms with Crippen molar-refractivity contribution >= 4 is 65.3 Å². The van der Waals surface area contributed by atoms with Crippen LogP contribution in [0.1, 0.15) is 0 Å². The van der Waals surface area contributed by atoms with Gasteiger partial charge >= 0.3 is 0 Å². The van der Waals surface area contributed by atoms with E-state index in [1.807, 2.05) is 30.3 Å². The van der Waals surface area contributed by atoms with Crippen molar-refractivity contribution in [3.05, 3.63) is 121 Å². The van der Waals surface area contributed by atoms with Crippen LogP contribution in [0.2, 0.25) is 0 Å². The predicted octanol–water partition coefficient (Wildman–Crippen LogP) is 9.76. The van der Waals surface area contributed by atoms with E-state index in [-0.39, 0.29) is 0 Å². The first-order chi connectivity index (χ1) is 19.3. The average Bonchev–Trinajstić information content (AvgIpc) is 3.39. The Bertz CT molecular complexity index is 2390. The fraction of sp³-hybridized carbons (Fsp3) is 0. The minimum atomic E-state index is 0.888. The summed E-state index contributed by atoms with van der Waals surface area (Å²) in [6.07, 6.45) is 0. The lowest BCUT2D eigenvalue weighted by atomic mass is 9.90. The third-order valence-electron chi connectivity index (χ3n) is 7.99. The second kappa shape index (κ2) is 7.62. The van der Waals surface area contributed by atoms with E-state index in [2.05, 4.69) is 91.0 Å². The smallest absolute Gasteiger partial charge is 0.136 e. The molecule has 2 aromatic heterocycles. The zero-order valence-electron chi connectivity index (χ0n) is 20.8. The second-order valence-electron chi connectivity index (χ2n) is 10.2. The first-order valence-electron chi connectivity index (χ1n) is 13.2. The van der Waals surface area contributed by atoms with Gasteiger partial charge in [-0.3, -0.25) is 0 Å². The summed E-state index contributed by atoms with van der Waals surface area (Å²) >= 11 is 0. The maximum absolute atomic E-state index is 6.28. The van der Waals surface area contributed by atoms with Crippen molar-refractivity contribution in [1.82, 2.24) is 9.97 Å². The Morgan fingerprint density at radius 2 is 1.03 bits per heavy atom. The molecule has 0 unspecified atom stereocenters. The molecule has 0 amide bonds. The molecule has 9 rings (SSSR count). The van der Waals surface area contributed by atoms with E-state index in [9.17, 15) is 0 Å². The summed E-state index contributed by atoms with van der Waals surface area (Å²) < 4.78 is 6.28. The standard InChI is InChI=1S/C36H20N2O/c1-2-8-22(9-3-1)35-36(38-29-13-5-4-12-28(29)37-35)23-17-16-21-18-19-25-24-10-6-14-30-33(24)34-26(32(25)27(21)20-23)11-7-15-31(34)39-30/h1-20H. The van der Waals surface area contributed by atoms with E-state index >= 15 is 0 Å². The molecule has 3 nitrogen and oxygen atoms in total. The summed E-state index contributed by atoms with van der Waals surface area (Å²) in [5.74, 6) is 0. The van der Waals surface area contributed by atoms with Crippen LogP contribution in [-0.4, -0.2) is 9.97 Å². The van der Waals surface area contributed by atoms with Crippen LogP contribution in [0.15, 0.2) is 126 Å². The summed E-state index contributed by atoms with van der Waals surface area (Å²) in [6.45, 7) is 0. The predicted molar refractivity (Wildman–Crippen MR) is 161 cm³/mol. The van der Waals surface area contributed by atoms with Gasteiger partial charge in [0.15, 0.2) is 0 Å². The molecule has 0 saturated heterocycles. The second-order valence-corrected chi connectivity index (χ2v) is 10.2. The Balaban J connectivity index is 1.42. The summed E-state index contributed by atoms with van der Waals surface area (Å²) in [4.78, 5) is 10.3. The van der Waals surface area contributed by atoms with Crippen molar-refractivity contribution in [1.29, 1.82) is 0 Å². The third kappa shape index (κ3) is 2.87. The molecule has 0 spiro atoms. The van der Waals surface area contributed by atoms with Crippen LogP contribution in [0, 0.1) is 0 Å². The molecule has 9 aromatic rings. The monoisotopic (exact) mass is 496 g/mol. The number of rotatable bonds is 2. The highest BCUT2D eigenvalue weighted by molar-refractivity contribution is 6.36. The lowest BCUT2D eigenvalue weighted by molar-refractivity contribution is 0.669. The normalized spacial score (nSPS) is 12.1. The highest BCUT2D eigenvalue weighted by Crippen LogP contribution is 2.45. The first kappa shape index (κ1) is 20.7. The molecule has 0 radical (unpaired) electrons. The molecule has 0 fully saturated rings. The molecule has 0 aliphatic carbocycles. The Morgan fingerprint density at radius 3 is 1.79 bits per heavy atom. The van der Waals surface area contributed by atoms with E-state index in [4.69, 9.17) is 14.4 Å². The zero-order chi connectivity index (χ0) is 25.5. The molecule has 7 aromatic carbocycles. The quantitative estimate of drug-likeness (QED) is 0.224. The molecule has 0 saturated carbocycles. The maximum atomic E-state index is 6.28. The van der Waals surface area contributed by atoms with Crippen molar-refractivity contribution in [2.45, 2.75) is 0 Å². The minimum Gasteiger partial charge on any atom is -0.456 e. The number of hydrogen-bond acceptors (Lipinski definition) is 3. The lowest BCUT2D eigenvalue weighted by Crippen LogP contribution is -1.95. The van der Waals surface area contributed by atoms with Crippen LogP contribution in [-0.2, 0) is 0 Å². The van der Waals surface area contributed by atoms with Crippen molar-refractivity contribution in [3.63, 3.8) is 0 Å². The van der Waals surface area contributed by atoms with Gasteiger partial charge in [0.2, 0.25) is 0 Å². The highest BCUT2D eigenvalue weighted by Gasteiger charge is 2.19. The summed E-state index contributed by atoms with van der Waals surface area (Å²) in [6, 6.07) is 42.4. The van der Waals surface area contributed by atoms with Gasteiger partial charge in [-0.2, -0.15) is 0 Å². The van der Waals surface area contributed by atoms with E-state index < -0.39 is 0 Å². The van der Waals surface area contributed by atoms with Gasteiger partial charge in [-0.05, 0) is 62.6 Å². The fourth-order valence-corrected chi connectivity index (χ4v) is 6.28. The van der Waals surface area contributed by atoms with Crippen LogP contribution in [0.4, 0.5) is 0 Å². The van der Waals surface area contributed by atoms with Crippen LogP contribution < -0.4 is 0 Å². The molecule has 0 aliphatic rings. The summed E-state index contributed by atoms with van der Waals surface area (Å²) in [5.41, 5.74) is 7.54. The van der Waals surface area contributed by atoms with E-state index in [0.29, 0.717) is 0 Å². The summed E-state index contributed by atoms with van der Waals surface area (Å²) in [7, 11) is 0. The Morgan fingerprint density at radius 1 is 0.410 bits per heavy atom. The lowest BCUT2D eigenvalue weighted by Gasteiger charge is -2.14. The van der Waals surface area contributed by atoms with Crippen LogP contribution in [0.25, 0.3) is 87.8 Å². The third-order valence-corrected chi connectivity index (χ3v) is 7.99. The number of para-hydroxylation sites is 2. The number of benzene rings is 7. The molecular formula is C36H20N2O. The van der Waals surface area contributed by atoms with E-state index in [1.54, 1.807) is 0 Å². The van der Waals surface area contributed by atoms with Crippen LogP contribution in [0.3, 0.4) is 0 Å². The number of furan rings is 1. The largest absolute Gasteiger partial charge is 0.456 e. The molecule has 2 heterocycles. The molecule has 39 heavy (non-hydrogen) atoms. The highest BCUT2D eigenvalue weighted by atomic mass is 16.3. The van der Waals surface area contributed by atoms with Crippen molar-refractivity contribution in [3.8, 4) is 22.5 Å². The number of aromatic nitrogens is 2. The minimum absolute atomic E-state index is 0.888. The summed E-state index contributed by atoms with van der Waals surface area (Å²) in [5, 5.41) is 9.73. The van der Waals surface area contributed by atoms with Crippen LogP contribution >= 0.6 is 0 Å². The van der Waals surface area contributed by atoms with E-state index in [1.165, 1.54) is 43.1 Å². The molecule has 0 bridgehead atoms. The molecular weight excluding hydrogens is 476 g/mol. The Labute approximate surface area is 223 Å². The van der Waals surface area contributed by atoms with Gasteiger partial charge in [0.25, 0.3) is 0 Å². The van der Waals surface area contributed by atoms with Gasteiger partial charge in [0.1, 0.15) is 11.2 Å².